The van der Waals surface area contributed by atoms with Crippen LogP contribution < -0.4 is 10.6 Å². The summed E-state index contributed by atoms with van der Waals surface area (Å²) >= 11 is 12.1. The van der Waals surface area contributed by atoms with E-state index in [1.807, 2.05) is 12.1 Å². The van der Waals surface area contributed by atoms with E-state index >= 15 is 0 Å². The fourth-order valence-corrected chi connectivity index (χ4v) is 3.64. The SMILES string of the molecule is CC(OC(=O)CCNC(=O)c1n[nH]c2ccccc12)C(=O)NC(C)c1ccc(Cl)cc1Cl. The van der Waals surface area contributed by atoms with Crippen molar-refractivity contribution in [2.24, 2.45) is 0 Å². The Morgan fingerprint density at radius 3 is 2.62 bits per heavy atom. The monoisotopic (exact) mass is 476 g/mol. The lowest BCUT2D eigenvalue weighted by Crippen LogP contribution is -2.38. The van der Waals surface area contributed by atoms with Gasteiger partial charge in [0.15, 0.2) is 11.8 Å². The van der Waals surface area contributed by atoms with E-state index in [0.717, 1.165) is 5.52 Å². The second-order valence-corrected chi connectivity index (χ2v) is 8.00. The fraction of sp³-hybridized carbons (Fsp3) is 0.273. The van der Waals surface area contributed by atoms with Crippen molar-refractivity contribution >= 4 is 51.9 Å². The number of para-hydroxylation sites is 1. The first-order chi connectivity index (χ1) is 15.3. The first-order valence-electron chi connectivity index (χ1n) is 9.92. The van der Waals surface area contributed by atoms with Gasteiger partial charge in [0.25, 0.3) is 11.8 Å². The molecular formula is C22H22Cl2N4O4. The van der Waals surface area contributed by atoms with Crippen LogP contribution in [-0.4, -0.2) is 40.6 Å². The largest absolute Gasteiger partial charge is 0.452 e. The van der Waals surface area contributed by atoms with E-state index in [9.17, 15) is 14.4 Å². The molecule has 3 aromatic rings. The van der Waals surface area contributed by atoms with Gasteiger partial charge in [-0.25, -0.2) is 0 Å². The van der Waals surface area contributed by atoms with E-state index in [1.54, 1.807) is 37.3 Å². The number of carbonyl (C=O) groups is 3. The average Bonchev–Trinajstić information content (AvgIpc) is 3.17. The first-order valence-corrected chi connectivity index (χ1v) is 10.7. The number of aromatic amines is 1. The van der Waals surface area contributed by atoms with Gasteiger partial charge in [-0.15, -0.1) is 0 Å². The van der Waals surface area contributed by atoms with E-state index < -0.39 is 29.9 Å². The average molecular weight is 477 g/mol. The number of aromatic nitrogens is 2. The molecule has 1 heterocycles. The molecule has 3 N–H and O–H groups in total. The minimum atomic E-state index is -1.01. The van der Waals surface area contributed by atoms with Crippen LogP contribution in [0.15, 0.2) is 42.5 Å². The minimum Gasteiger partial charge on any atom is -0.452 e. The molecule has 0 spiro atoms. The Hall–Kier alpha value is -3.10. The minimum absolute atomic E-state index is 0.0456. The van der Waals surface area contributed by atoms with Crippen molar-refractivity contribution in [1.29, 1.82) is 0 Å². The number of fused-ring (bicyclic) bond motifs is 1. The zero-order chi connectivity index (χ0) is 23.3. The van der Waals surface area contributed by atoms with Gasteiger partial charge >= 0.3 is 5.97 Å². The van der Waals surface area contributed by atoms with Crippen LogP contribution in [0.3, 0.4) is 0 Å². The normalized spacial score (nSPS) is 12.8. The van der Waals surface area contributed by atoms with Gasteiger partial charge in [-0.2, -0.15) is 5.10 Å². The van der Waals surface area contributed by atoms with Crippen molar-refractivity contribution < 1.29 is 19.1 Å². The number of esters is 1. The number of benzene rings is 2. The number of nitrogens with one attached hydrogen (secondary N) is 3. The second-order valence-electron chi connectivity index (χ2n) is 7.15. The summed E-state index contributed by atoms with van der Waals surface area (Å²) in [6.07, 6.45) is -1.11. The highest BCUT2D eigenvalue weighted by molar-refractivity contribution is 6.35. The molecule has 2 amide bonds. The summed E-state index contributed by atoms with van der Waals surface area (Å²) in [5.41, 5.74) is 1.68. The lowest BCUT2D eigenvalue weighted by molar-refractivity contribution is -0.154. The zero-order valence-corrected chi connectivity index (χ0v) is 19.0. The van der Waals surface area contributed by atoms with E-state index in [2.05, 4.69) is 20.8 Å². The maximum Gasteiger partial charge on any atom is 0.308 e. The summed E-state index contributed by atoms with van der Waals surface area (Å²) in [6.45, 7) is 3.28. The molecule has 0 bridgehead atoms. The summed E-state index contributed by atoms with van der Waals surface area (Å²) in [7, 11) is 0. The van der Waals surface area contributed by atoms with Gasteiger partial charge in [0.05, 0.1) is 18.0 Å². The predicted molar refractivity (Wildman–Crippen MR) is 122 cm³/mol. The zero-order valence-electron chi connectivity index (χ0n) is 17.4. The quantitative estimate of drug-likeness (QED) is 0.427. The maximum absolute atomic E-state index is 12.4. The molecule has 8 nitrogen and oxygen atoms in total. The molecule has 10 heteroatoms. The number of nitrogens with zero attached hydrogens (tertiary/aromatic N) is 1. The van der Waals surface area contributed by atoms with E-state index in [4.69, 9.17) is 27.9 Å². The van der Waals surface area contributed by atoms with Crippen LogP contribution in [0.4, 0.5) is 0 Å². The lowest BCUT2D eigenvalue weighted by Gasteiger charge is -2.19. The molecule has 0 aliphatic heterocycles. The van der Waals surface area contributed by atoms with Crippen molar-refractivity contribution in [2.45, 2.75) is 32.4 Å². The van der Waals surface area contributed by atoms with Crippen molar-refractivity contribution in [2.75, 3.05) is 6.54 Å². The predicted octanol–water partition coefficient (Wildman–Crippen LogP) is 3.80. The summed E-state index contributed by atoms with van der Waals surface area (Å²) in [5, 5.41) is 13.8. The highest BCUT2D eigenvalue weighted by Crippen LogP contribution is 2.26. The van der Waals surface area contributed by atoms with Gasteiger partial charge in [0.2, 0.25) is 0 Å². The Balaban J connectivity index is 1.44. The molecule has 2 atom stereocenters. The van der Waals surface area contributed by atoms with Crippen molar-refractivity contribution in [1.82, 2.24) is 20.8 Å². The van der Waals surface area contributed by atoms with Gasteiger partial charge in [-0.3, -0.25) is 19.5 Å². The van der Waals surface area contributed by atoms with Crippen molar-refractivity contribution in [3.8, 4) is 0 Å². The van der Waals surface area contributed by atoms with Crippen molar-refractivity contribution in [3.63, 3.8) is 0 Å². The maximum atomic E-state index is 12.4. The molecule has 0 aliphatic rings. The summed E-state index contributed by atoms with van der Waals surface area (Å²) in [4.78, 5) is 36.7. The van der Waals surface area contributed by atoms with Crippen LogP contribution in [0, 0.1) is 0 Å². The topological polar surface area (TPSA) is 113 Å². The Labute approximate surface area is 194 Å². The number of H-pyrrole nitrogens is 1. The fourth-order valence-electron chi connectivity index (χ4n) is 3.07. The molecule has 0 fully saturated rings. The van der Waals surface area contributed by atoms with Gasteiger partial charge in [-0.1, -0.05) is 47.5 Å². The Morgan fingerprint density at radius 2 is 1.88 bits per heavy atom. The third-order valence-electron chi connectivity index (χ3n) is 4.77. The second kappa shape index (κ2) is 10.5. The number of hydrogen-bond donors (Lipinski definition) is 3. The molecule has 32 heavy (non-hydrogen) atoms. The lowest BCUT2D eigenvalue weighted by atomic mass is 10.1. The number of rotatable bonds is 8. The Kier molecular flexibility index (Phi) is 7.71. The van der Waals surface area contributed by atoms with E-state index in [-0.39, 0.29) is 18.7 Å². The Bertz CT molecular complexity index is 1150. The van der Waals surface area contributed by atoms with Crippen LogP contribution >= 0.6 is 23.2 Å². The first kappa shape index (κ1) is 23.6. The molecule has 0 saturated carbocycles. The molecule has 168 valence electrons. The highest BCUT2D eigenvalue weighted by Gasteiger charge is 2.21. The molecule has 0 saturated heterocycles. The number of ether oxygens (including phenoxy) is 1. The third kappa shape index (κ3) is 5.77. The molecule has 1 aromatic heterocycles. The molecule has 0 radical (unpaired) electrons. The van der Waals surface area contributed by atoms with Gasteiger partial charge in [0, 0.05) is 22.0 Å². The number of carbonyl (C=O) groups excluding carboxylic acids is 3. The smallest absolute Gasteiger partial charge is 0.308 e. The van der Waals surface area contributed by atoms with Gasteiger partial charge in [0.1, 0.15) is 0 Å². The molecule has 2 unspecified atom stereocenters. The van der Waals surface area contributed by atoms with Crippen LogP contribution in [0.5, 0.6) is 0 Å². The van der Waals surface area contributed by atoms with Crippen LogP contribution in [0.1, 0.15) is 42.4 Å². The standard InChI is InChI=1S/C22H22Cl2N4O4/c1-12(15-8-7-14(23)11-17(15)24)26-21(30)13(2)32-19(29)9-10-25-22(31)20-16-5-3-4-6-18(16)27-28-20/h3-8,11-13H,9-10H2,1-2H3,(H,25,31)(H,26,30)(H,27,28). The highest BCUT2D eigenvalue weighted by atomic mass is 35.5. The summed E-state index contributed by atoms with van der Waals surface area (Å²) < 4.78 is 5.16. The molecular weight excluding hydrogens is 455 g/mol. The summed E-state index contributed by atoms with van der Waals surface area (Å²) in [6, 6.07) is 11.8. The van der Waals surface area contributed by atoms with Crippen LogP contribution in [0.25, 0.3) is 10.9 Å². The molecule has 2 aromatic carbocycles. The molecule has 0 aliphatic carbocycles. The van der Waals surface area contributed by atoms with Gasteiger partial charge in [-0.05, 0) is 37.6 Å². The summed E-state index contributed by atoms with van der Waals surface area (Å²) in [5.74, 6) is -1.49. The number of amides is 2. The molecule has 3 rings (SSSR count). The van der Waals surface area contributed by atoms with Crippen LogP contribution in [0.2, 0.25) is 10.0 Å². The van der Waals surface area contributed by atoms with E-state index in [1.165, 1.54) is 6.92 Å². The van der Waals surface area contributed by atoms with Crippen molar-refractivity contribution in [3.05, 3.63) is 63.8 Å². The Morgan fingerprint density at radius 1 is 1.12 bits per heavy atom. The number of hydrogen-bond acceptors (Lipinski definition) is 5. The van der Waals surface area contributed by atoms with Gasteiger partial charge < -0.3 is 15.4 Å². The van der Waals surface area contributed by atoms with Crippen LogP contribution in [-0.2, 0) is 14.3 Å². The number of halogens is 2. The van der Waals surface area contributed by atoms with E-state index in [0.29, 0.717) is 21.0 Å². The third-order valence-corrected chi connectivity index (χ3v) is 5.33.